The van der Waals surface area contributed by atoms with Crippen LogP contribution < -0.4 is 75.7 Å². The quantitative estimate of drug-likeness (QED) is 0.0173. The van der Waals surface area contributed by atoms with Crippen molar-refractivity contribution < 1.29 is 95.4 Å². The number of aliphatic hydroxyl groups is 1. The van der Waals surface area contributed by atoms with E-state index in [1.54, 1.807) is 74.8 Å². The number of unbranched alkanes of at least 4 members (excludes halogenated alkanes) is 2. The number of nitrogens with two attached hydrogens (primary N) is 3. The first-order valence-electron chi connectivity index (χ1n) is 46.0. The zero-order valence-electron chi connectivity index (χ0n) is 78.1. The van der Waals surface area contributed by atoms with Gasteiger partial charge in [-0.1, -0.05) is 114 Å². The molecular formula is C92H128F2N24O18S. The highest BCUT2D eigenvalue weighted by atomic mass is 32.2. The van der Waals surface area contributed by atoms with E-state index in [9.17, 15) is 57.0 Å². The Bertz CT molecular complexity index is 5270. The topological polar surface area (TPSA) is 621 Å². The number of primary amides is 2. The van der Waals surface area contributed by atoms with Crippen LogP contribution in [0.15, 0.2) is 97.7 Å². The molecule has 0 aliphatic carbocycles. The number of carbonyl (C=O) groups excluding carboxylic acids is 17. The fourth-order valence-corrected chi connectivity index (χ4v) is 17.8. The zero-order valence-corrected chi connectivity index (χ0v) is 78.9. The van der Waals surface area contributed by atoms with Gasteiger partial charge in [0.05, 0.1) is 31.7 Å². The van der Waals surface area contributed by atoms with Gasteiger partial charge in [0, 0.05) is 124 Å². The van der Waals surface area contributed by atoms with Crippen molar-refractivity contribution in [3.63, 3.8) is 0 Å². The molecule has 3 aromatic heterocycles. The molecule has 6 aromatic rings. The number of imidazole rings is 1. The number of hydrogen-bond acceptors (Lipinski definition) is 21. The number of likely N-dealkylation sites (N-methyl/N-ethyl adjacent to an activating group) is 3. The Morgan fingerprint density at radius 2 is 1.04 bits per heavy atom. The molecule has 6 heterocycles. The van der Waals surface area contributed by atoms with E-state index >= 15 is 38.4 Å². The van der Waals surface area contributed by atoms with E-state index in [-0.39, 0.29) is 114 Å². The van der Waals surface area contributed by atoms with Crippen molar-refractivity contribution in [1.29, 1.82) is 5.41 Å². The van der Waals surface area contributed by atoms with Gasteiger partial charge in [-0.2, -0.15) is 0 Å². The number of H-pyrrole nitrogens is 3. The molecule has 3 saturated heterocycles. The Hall–Kier alpha value is -13.6. The van der Waals surface area contributed by atoms with Crippen molar-refractivity contribution in [2.24, 2.45) is 23.1 Å². The molecule has 0 spiro atoms. The standard InChI is InChI=1S/C92H128F2N24O18S/c1-9-11-25-70-84(129)106-61(24-17-33-100-92(97)98)80(125)113-69(79(124)103-45-75(96)121)47-137-48-76(122)105-65(37-52-29-31-53(32-30-52)77(93)94)87(132)114(6)51(5)78(123)109-67(41-74(95)120)90(135)118-35-19-28-72(118)86(131)108-63(40-56-44-99-49-104-56)82(127)110-64(36-50(3)4)89(134)117-34-18-27-71(117)85(130)107-62(38-54-42-101-59-22-15-13-20-57(54)59)81(126)112-68(46-119)83(128)111-66(39-55-43-102-60-23-16-14-21-58(55)60)88(133)116(8)73(26-12-10-2)91(136)115(70)7/h13-16,20-23,29-32,42-44,49-51,61-73,77,101-102,119H,9-12,17-19,24-28,33-41,45-48H2,1-8H3,(H2,95,120)(H2,96,121)(H,99,104)(H,103,124)(H,105,122)(H,106,129)(H,107,130)(H,108,131)(H,109,123)(H,110,127)(H,111,128)(H,112,126)(H,113,125)(H4,97,98,100)/t51-,61-,62-,63-,64-,65-,66-,67-,68-,69-,70-,71-,72-,73-/m0/s1. The first-order valence-corrected chi connectivity index (χ1v) is 47.2. The van der Waals surface area contributed by atoms with Gasteiger partial charge in [-0.05, 0) is 99.5 Å². The van der Waals surface area contributed by atoms with Crippen LogP contribution in [0.1, 0.15) is 159 Å². The van der Waals surface area contributed by atoms with Gasteiger partial charge in [0.1, 0.15) is 84.6 Å². The highest BCUT2D eigenvalue weighted by Crippen LogP contribution is 2.29. The number of aliphatic hydroxyl groups excluding tert-OH is 1. The SMILES string of the molecule is CCCC[C@H]1C(=O)N(C)[C@@H](CCCC)C(=O)N[C@@H](CCCNC(=N)N)C(=O)N[C@H](C(=O)NCC(N)=O)CSCC(=O)N[C@@H](Cc2ccc(C(F)F)cc2)C(=O)N(C)[C@@H](C)C(=O)N[C@@H](CC(N)=O)C(=O)N2CCC[C@H]2C(=O)N[C@@H](Cc2cnc[nH]2)C(=O)N[C@@H](CC(C)C)C(=O)N2CCC[C@H]2C(=O)N[C@@H](Cc2c[nH]c3ccccc23)C(=O)N[C@@H](CO)C(=O)N[C@@H](Cc2c[nH]c3ccccc23)C(=O)N1C. The van der Waals surface area contributed by atoms with Crippen LogP contribution in [0.5, 0.6) is 0 Å². The lowest BCUT2D eigenvalue weighted by Gasteiger charge is -2.36. The van der Waals surface area contributed by atoms with Crippen LogP contribution >= 0.6 is 11.8 Å². The van der Waals surface area contributed by atoms with Crippen LogP contribution in [-0.4, -0.2) is 306 Å². The molecule has 22 N–H and O–H groups in total. The molecule has 45 heteroatoms. The summed E-state index contributed by atoms with van der Waals surface area (Å²) in [6.07, 6.45) is 2.84. The number of carbonyl (C=O) groups is 17. The molecule has 17 amide bonds. The zero-order chi connectivity index (χ0) is 100. The van der Waals surface area contributed by atoms with Gasteiger partial charge in [0.25, 0.3) is 6.43 Å². The van der Waals surface area contributed by atoms with E-state index in [2.05, 4.69) is 78.4 Å². The lowest BCUT2D eigenvalue weighted by atomic mass is 10.00. The van der Waals surface area contributed by atoms with Crippen molar-refractivity contribution in [3.05, 3.63) is 126 Å². The summed E-state index contributed by atoms with van der Waals surface area (Å²) in [5, 5.41) is 49.5. The normalized spacial score (nSPS) is 24.1. The number of nitrogens with one attached hydrogen (secondary N) is 15. The maximum atomic E-state index is 15.8. The third-order valence-corrected chi connectivity index (χ3v) is 25.6. The van der Waals surface area contributed by atoms with Gasteiger partial charge in [-0.25, -0.2) is 13.8 Å². The second-order valence-electron chi connectivity index (χ2n) is 35.1. The van der Waals surface area contributed by atoms with Gasteiger partial charge < -0.3 is 120 Å². The number of thioether (sulfide) groups is 1. The molecule has 42 nitrogen and oxygen atoms in total. The number of hydrogen-bond donors (Lipinski definition) is 19. The molecule has 3 fully saturated rings. The molecule has 744 valence electrons. The van der Waals surface area contributed by atoms with Crippen LogP contribution in [0.25, 0.3) is 21.8 Å². The number of amides is 17. The minimum atomic E-state index is -2.90. The summed E-state index contributed by atoms with van der Waals surface area (Å²) in [5.41, 5.74) is 19.3. The molecule has 137 heavy (non-hydrogen) atoms. The van der Waals surface area contributed by atoms with Crippen molar-refractivity contribution in [2.45, 2.75) is 241 Å². The van der Waals surface area contributed by atoms with Crippen molar-refractivity contribution in [3.8, 4) is 0 Å². The molecule has 9 rings (SSSR count). The number of halogens is 2. The average molecular weight is 1930 g/mol. The summed E-state index contributed by atoms with van der Waals surface area (Å²) in [4.78, 5) is 270. The molecule has 0 unspecified atom stereocenters. The number of guanidine groups is 1. The minimum absolute atomic E-state index is 0.0120. The summed E-state index contributed by atoms with van der Waals surface area (Å²) in [7, 11) is 3.86. The third-order valence-electron chi connectivity index (χ3n) is 24.6. The van der Waals surface area contributed by atoms with Gasteiger partial charge in [0.2, 0.25) is 100 Å². The minimum Gasteiger partial charge on any atom is -0.394 e. The second-order valence-corrected chi connectivity index (χ2v) is 36.2. The molecule has 3 aromatic carbocycles. The van der Waals surface area contributed by atoms with E-state index in [0.29, 0.717) is 64.3 Å². The summed E-state index contributed by atoms with van der Waals surface area (Å²) in [6.45, 7) is 6.47. The smallest absolute Gasteiger partial charge is 0.263 e. The number of aromatic amines is 3. The number of rotatable bonds is 27. The van der Waals surface area contributed by atoms with E-state index in [1.807, 2.05) is 13.8 Å². The average Bonchev–Trinajstić information content (AvgIpc) is 1.80. The second kappa shape index (κ2) is 51.4. The lowest BCUT2D eigenvalue weighted by Crippen LogP contribution is -2.62. The molecule has 0 saturated carbocycles. The number of benzene rings is 3. The van der Waals surface area contributed by atoms with Gasteiger partial charge in [0.15, 0.2) is 5.96 Å². The van der Waals surface area contributed by atoms with E-state index in [0.717, 1.165) is 43.5 Å². The van der Waals surface area contributed by atoms with Crippen LogP contribution in [-0.2, 0) is 107 Å². The maximum Gasteiger partial charge on any atom is 0.263 e. The van der Waals surface area contributed by atoms with Crippen LogP contribution in [0, 0.1) is 11.3 Å². The highest BCUT2D eigenvalue weighted by Gasteiger charge is 2.46. The fourth-order valence-electron chi connectivity index (χ4n) is 17.0. The summed E-state index contributed by atoms with van der Waals surface area (Å²) in [6, 6.07) is -2.70. The van der Waals surface area contributed by atoms with Crippen molar-refractivity contribution in [1.82, 2.24) is 103 Å². The third kappa shape index (κ3) is 29.9. The molecule has 3 aliphatic rings. The van der Waals surface area contributed by atoms with Crippen LogP contribution in [0.2, 0.25) is 0 Å². The Labute approximate surface area is 795 Å². The summed E-state index contributed by atoms with van der Waals surface area (Å²) in [5.74, 6) is -17.8. The largest absolute Gasteiger partial charge is 0.394 e. The van der Waals surface area contributed by atoms with E-state index < -0.39 is 235 Å². The van der Waals surface area contributed by atoms with Gasteiger partial charge >= 0.3 is 0 Å². The molecule has 0 bridgehead atoms. The molecule has 0 radical (unpaired) electrons. The number of aromatic nitrogens is 4. The lowest BCUT2D eigenvalue weighted by molar-refractivity contribution is -0.149. The van der Waals surface area contributed by atoms with Gasteiger partial charge in [-0.15, -0.1) is 11.8 Å². The van der Waals surface area contributed by atoms with Crippen molar-refractivity contribution >= 4 is 140 Å². The number of para-hydroxylation sites is 2. The Balaban J connectivity index is 1.10. The maximum absolute atomic E-state index is 15.8. The van der Waals surface area contributed by atoms with E-state index in [1.165, 1.54) is 57.6 Å². The summed E-state index contributed by atoms with van der Waals surface area (Å²) < 4.78 is 27.9. The van der Waals surface area contributed by atoms with Crippen LogP contribution in [0.3, 0.4) is 0 Å². The molecule has 14 atom stereocenters. The number of alkyl halides is 2. The molecule has 3 aliphatic heterocycles. The fraction of sp³-hybridized carbons (Fsp3) is 0.533. The number of nitrogens with zero attached hydrogens (tertiary/aromatic N) is 6. The van der Waals surface area contributed by atoms with Crippen molar-refractivity contribution in [2.75, 3.05) is 65.4 Å². The summed E-state index contributed by atoms with van der Waals surface area (Å²) >= 11 is 0.719. The number of fused-ring (bicyclic) bond motifs is 4. The Kier molecular flexibility index (Phi) is 40.1. The first kappa shape index (κ1) is 107. The monoisotopic (exact) mass is 1930 g/mol. The molecular weight excluding hydrogens is 1800 g/mol. The first-order chi connectivity index (χ1) is 65.3. The highest BCUT2D eigenvalue weighted by molar-refractivity contribution is 8.00. The predicted molar refractivity (Wildman–Crippen MR) is 502 cm³/mol. The van der Waals surface area contributed by atoms with E-state index in [4.69, 9.17) is 22.6 Å². The Morgan fingerprint density at radius 3 is 1.58 bits per heavy atom. The Morgan fingerprint density at radius 1 is 0.533 bits per heavy atom. The predicted octanol–water partition coefficient (Wildman–Crippen LogP) is -0.668. The van der Waals surface area contributed by atoms with Crippen LogP contribution in [0.4, 0.5) is 8.78 Å². The van der Waals surface area contributed by atoms with Gasteiger partial charge in [-0.3, -0.25) is 86.9 Å².